The summed E-state index contributed by atoms with van der Waals surface area (Å²) in [5, 5.41) is 0. The molecule has 0 fully saturated rings. The predicted octanol–water partition coefficient (Wildman–Crippen LogP) is 7.82. The standard InChI is InChI=1S/C33H36F3NO3/c1-2-39-32(38)13-6-7-22-40-31-23-25(14-15-30(31)27-9-4-3-5-10-27)16-19-37-20-17-26(18-21-37)28-11-8-12-29(24-28)33(34,35)36/h3-5,8-12,14-15,17,23-24H,2,6-7,13,16,18-22H2,1H3. The number of alkyl halides is 3. The van der Waals surface area contributed by atoms with E-state index >= 15 is 0 Å². The van der Waals surface area contributed by atoms with Gasteiger partial charge in [-0.15, -0.1) is 0 Å². The van der Waals surface area contributed by atoms with Crippen molar-refractivity contribution in [1.29, 1.82) is 0 Å². The Morgan fingerprint density at radius 3 is 2.48 bits per heavy atom. The normalized spacial score (nSPS) is 14.1. The molecule has 3 aromatic rings. The first-order valence-corrected chi connectivity index (χ1v) is 13.9. The SMILES string of the molecule is CCOC(=O)CCCCOc1cc(CCN2CC=C(c3cccc(C(F)(F)F)c3)CC2)ccc1-c1ccccc1. The minimum atomic E-state index is -4.33. The maximum absolute atomic E-state index is 13.1. The van der Waals surface area contributed by atoms with Crippen molar-refractivity contribution in [2.24, 2.45) is 0 Å². The average Bonchev–Trinajstić information content (AvgIpc) is 2.96. The zero-order chi connectivity index (χ0) is 28.4. The number of esters is 1. The Bertz CT molecular complexity index is 1290. The maximum atomic E-state index is 13.1. The molecule has 0 aromatic heterocycles. The lowest BCUT2D eigenvalue weighted by Gasteiger charge is -2.27. The predicted molar refractivity (Wildman–Crippen MR) is 152 cm³/mol. The van der Waals surface area contributed by atoms with Crippen molar-refractivity contribution in [1.82, 2.24) is 4.90 Å². The summed E-state index contributed by atoms with van der Waals surface area (Å²) in [4.78, 5) is 13.9. The first kappa shape index (κ1) is 29.4. The molecule has 212 valence electrons. The van der Waals surface area contributed by atoms with E-state index < -0.39 is 11.7 Å². The number of carbonyl (C=O) groups excluding carboxylic acids is 1. The second kappa shape index (κ2) is 14.2. The minimum Gasteiger partial charge on any atom is -0.493 e. The third-order valence-electron chi connectivity index (χ3n) is 7.04. The molecule has 0 amide bonds. The summed E-state index contributed by atoms with van der Waals surface area (Å²) in [6.07, 6.45) is 1.12. The molecule has 40 heavy (non-hydrogen) atoms. The Labute approximate surface area is 234 Å². The van der Waals surface area contributed by atoms with Crippen LogP contribution in [0.1, 0.15) is 49.3 Å². The molecule has 1 aliphatic rings. The van der Waals surface area contributed by atoms with Crippen molar-refractivity contribution in [2.45, 2.75) is 45.2 Å². The Hall–Kier alpha value is -3.58. The second-order valence-corrected chi connectivity index (χ2v) is 9.92. The van der Waals surface area contributed by atoms with Gasteiger partial charge in [0.25, 0.3) is 0 Å². The smallest absolute Gasteiger partial charge is 0.416 e. The van der Waals surface area contributed by atoms with Gasteiger partial charge in [-0.25, -0.2) is 0 Å². The highest BCUT2D eigenvalue weighted by molar-refractivity contribution is 5.71. The van der Waals surface area contributed by atoms with Gasteiger partial charge in [-0.2, -0.15) is 13.2 Å². The van der Waals surface area contributed by atoms with Crippen molar-refractivity contribution < 1.29 is 27.4 Å². The summed E-state index contributed by atoms with van der Waals surface area (Å²) in [7, 11) is 0. The van der Waals surface area contributed by atoms with Gasteiger partial charge in [-0.05, 0) is 73.1 Å². The fourth-order valence-electron chi connectivity index (χ4n) is 4.84. The zero-order valence-electron chi connectivity index (χ0n) is 22.9. The van der Waals surface area contributed by atoms with E-state index in [1.54, 1.807) is 13.0 Å². The van der Waals surface area contributed by atoms with Crippen LogP contribution >= 0.6 is 0 Å². The van der Waals surface area contributed by atoms with Crippen LogP contribution in [0.25, 0.3) is 16.7 Å². The Morgan fingerprint density at radius 1 is 0.950 bits per heavy atom. The van der Waals surface area contributed by atoms with E-state index in [4.69, 9.17) is 9.47 Å². The van der Waals surface area contributed by atoms with Gasteiger partial charge in [0.15, 0.2) is 0 Å². The second-order valence-electron chi connectivity index (χ2n) is 9.92. The Morgan fingerprint density at radius 2 is 1.75 bits per heavy atom. The lowest BCUT2D eigenvalue weighted by molar-refractivity contribution is -0.143. The average molecular weight is 552 g/mol. The summed E-state index contributed by atoms with van der Waals surface area (Å²) in [5.41, 5.74) is 4.28. The molecule has 0 saturated carbocycles. The molecular weight excluding hydrogens is 515 g/mol. The minimum absolute atomic E-state index is 0.177. The fraction of sp³-hybridized carbons (Fsp3) is 0.364. The van der Waals surface area contributed by atoms with E-state index in [-0.39, 0.29) is 5.97 Å². The van der Waals surface area contributed by atoms with E-state index in [0.29, 0.717) is 44.6 Å². The van der Waals surface area contributed by atoms with E-state index in [0.717, 1.165) is 60.0 Å². The third-order valence-corrected chi connectivity index (χ3v) is 7.04. The molecular formula is C33H36F3NO3. The van der Waals surface area contributed by atoms with Gasteiger partial charge in [-0.1, -0.05) is 60.7 Å². The van der Waals surface area contributed by atoms with E-state index in [2.05, 4.69) is 35.2 Å². The van der Waals surface area contributed by atoms with Crippen LogP contribution in [0.4, 0.5) is 13.2 Å². The summed E-state index contributed by atoms with van der Waals surface area (Å²) < 4.78 is 50.5. The van der Waals surface area contributed by atoms with Crippen LogP contribution in [0.15, 0.2) is 78.9 Å². The molecule has 0 bridgehead atoms. The monoisotopic (exact) mass is 551 g/mol. The van der Waals surface area contributed by atoms with Crippen LogP contribution in [-0.4, -0.2) is 43.7 Å². The molecule has 0 N–H and O–H groups in total. The number of nitrogens with zero attached hydrogens (tertiary/aromatic N) is 1. The zero-order valence-corrected chi connectivity index (χ0v) is 22.9. The lowest BCUT2D eigenvalue weighted by atomic mass is 9.97. The molecule has 4 nitrogen and oxygen atoms in total. The van der Waals surface area contributed by atoms with Crippen molar-refractivity contribution in [3.63, 3.8) is 0 Å². The van der Waals surface area contributed by atoms with Crippen molar-refractivity contribution in [2.75, 3.05) is 32.8 Å². The number of ether oxygens (including phenoxy) is 2. The molecule has 0 aliphatic carbocycles. The van der Waals surface area contributed by atoms with E-state index in [9.17, 15) is 18.0 Å². The number of carbonyl (C=O) groups is 1. The molecule has 0 unspecified atom stereocenters. The molecule has 1 heterocycles. The Kier molecular flexibility index (Phi) is 10.4. The van der Waals surface area contributed by atoms with Gasteiger partial charge >= 0.3 is 12.1 Å². The van der Waals surface area contributed by atoms with Crippen LogP contribution in [0, 0.1) is 0 Å². The van der Waals surface area contributed by atoms with Gasteiger partial charge in [0.2, 0.25) is 0 Å². The molecule has 3 aromatic carbocycles. The highest BCUT2D eigenvalue weighted by Gasteiger charge is 2.30. The fourth-order valence-corrected chi connectivity index (χ4v) is 4.84. The van der Waals surface area contributed by atoms with Crippen molar-refractivity contribution in [3.05, 3.63) is 95.6 Å². The van der Waals surface area contributed by atoms with Gasteiger partial charge in [0, 0.05) is 31.6 Å². The maximum Gasteiger partial charge on any atom is 0.416 e. The molecule has 0 radical (unpaired) electrons. The summed E-state index contributed by atoms with van der Waals surface area (Å²) in [6.45, 7) is 5.06. The number of unbranched alkanes of at least 4 members (excludes halogenated alkanes) is 1. The van der Waals surface area contributed by atoms with Gasteiger partial charge in [-0.3, -0.25) is 9.69 Å². The summed E-state index contributed by atoms with van der Waals surface area (Å²) >= 11 is 0. The van der Waals surface area contributed by atoms with E-state index in [1.165, 1.54) is 12.1 Å². The molecule has 7 heteroatoms. The quantitative estimate of drug-likeness (QED) is 0.170. The van der Waals surface area contributed by atoms with Gasteiger partial charge in [0.1, 0.15) is 5.75 Å². The summed E-state index contributed by atoms with van der Waals surface area (Å²) in [5.74, 6) is 0.647. The summed E-state index contributed by atoms with van der Waals surface area (Å²) in [6, 6.07) is 22.0. The number of benzene rings is 3. The van der Waals surface area contributed by atoms with Gasteiger partial charge < -0.3 is 9.47 Å². The third kappa shape index (κ3) is 8.46. The molecule has 0 saturated heterocycles. The first-order valence-electron chi connectivity index (χ1n) is 13.9. The topological polar surface area (TPSA) is 38.8 Å². The number of hydrogen-bond donors (Lipinski definition) is 0. The molecule has 0 spiro atoms. The van der Waals surface area contributed by atoms with Crippen LogP contribution in [-0.2, 0) is 22.1 Å². The highest BCUT2D eigenvalue weighted by Crippen LogP contribution is 2.33. The first-order chi connectivity index (χ1) is 19.3. The van der Waals surface area contributed by atoms with Gasteiger partial charge in [0.05, 0.1) is 18.8 Å². The van der Waals surface area contributed by atoms with Crippen molar-refractivity contribution in [3.8, 4) is 16.9 Å². The Balaban J connectivity index is 1.36. The largest absolute Gasteiger partial charge is 0.493 e. The van der Waals surface area contributed by atoms with E-state index in [1.807, 2.05) is 24.3 Å². The number of hydrogen-bond acceptors (Lipinski definition) is 4. The lowest BCUT2D eigenvalue weighted by Crippen LogP contribution is -2.30. The number of rotatable bonds is 12. The molecule has 0 atom stereocenters. The van der Waals surface area contributed by atoms with Crippen LogP contribution in [0.5, 0.6) is 5.75 Å². The van der Waals surface area contributed by atoms with Crippen LogP contribution < -0.4 is 4.74 Å². The van der Waals surface area contributed by atoms with Crippen molar-refractivity contribution >= 4 is 11.5 Å². The van der Waals surface area contributed by atoms with Crippen LogP contribution in [0.3, 0.4) is 0 Å². The highest BCUT2D eigenvalue weighted by atomic mass is 19.4. The molecule has 1 aliphatic heterocycles. The van der Waals surface area contributed by atoms with Crippen LogP contribution in [0.2, 0.25) is 0 Å². The molecule has 4 rings (SSSR count). The number of halogens is 3.